The Morgan fingerprint density at radius 3 is 2.45 bits per heavy atom. The van der Waals surface area contributed by atoms with E-state index >= 15 is 0 Å². The van der Waals surface area contributed by atoms with E-state index in [2.05, 4.69) is 16.5 Å². The summed E-state index contributed by atoms with van der Waals surface area (Å²) < 4.78 is 0. The molecule has 1 aromatic heterocycles. The average molecular weight is 148 g/mol. The fourth-order valence-electron chi connectivity index (χ4n) is 0.747. The highest BCUT2D eigenvalue weighted by Crippen LogP contribution is 2.08. The summed E-state index contributed by atoms with van der Waals surface area (Å²) in [5, 5.41) is 0. The Labute approximate surface area is 67.0 Å². The van der Waals surface area contributed by atoms with Gasteiger partial charge in [0.2, 0.25) is 0 Å². The first-order valence-corrected chi connectivity index (χ1v) is 3.57. The third-order valence-electron chi connectivity index (χ3n) is 1.63. The lowest BCUT2D eigenvalue weighted by atomic mass is 10.2. The van der Waals surface area contributed by atoms with Crippen LogP contribution in [0.2, 0.25) is 0 Å². The zero-order valence-corrected chi connectivity index (χ0v) is 7.18. The monoisotopic (exact) mass is 148 g/mol. The van der Waals surface area contributed by atoms with E-state index in [1.54, 1.807) is 6.20 Å². The number of rotatable bonds is 1. The molecule has 0 N–H and O–H groups in total. The van der Waals surface area contributed by atoms with E-state index < -0.39 is 0 Å². The highest BCUT2D eigenvalue weighted by atomic mass is 14.8. The van der Waals surface area contributed by atoms with Gasteiger partial charge >= 0.3 is 0 Å². The van der Waals surface area contributed by atoms with Crippen molar-refractivity contribution < 1.29 is 0 Å². The Kier molecular flexibility index (Phi) is 2.03. The highest BCUT2D eigenvalue weighted by molar-refractivity contribution is 5.56. The molecule has 1 rings (SSSR count). The van der Waals surface area contributed by atoms with Gasteiger partial charge in [-0.3, -0.25) is 4.98 Å². The van der Waals surface area contributed by atoms with Crippen molar-refractivity contribution in [3.8, 4) is 0 Å². The molecule has 0 aliphatic rings. The molecule has 0 radical (unpaired) electrons. The minimum Gasteiger partial charge on any atom is -0.257 e. The van der Waals surface area contributed by atoms with E-state index in [9.17, 15) is 0 Å². The van der Waals surface area contributed by atoms with Gasteiger partial charge in [0, 0.05) is 0 Å². The van der Waals surface area contributed by atoms with Gasteiger partial charge in [0.05, 0.1) is 23.3 Å². The van der Waals surface area contributed by atoms with E-state index in [0.29, 0.717) is 0 Å². The molecule has 0 fully saturated rings. The van der Waals surface area contributed by atoms with Crippen molar-refractivity contribution >= 4 is 5.57 Å². The van der Waals surface area contributed by atoms with Gasteiger partial charge < -0.3 is 0 Å². The quantitative estimate of drug-likeness (QED) is 0.609. The van der Waals surface area contributed by atoms with Gasteiger partial charge in [-0.25, -0.2) is 4.98 Å². The summed E-state index contributed by atoms with van der Waals surface area (Å²) in [6.45, 7) is 9.63. The van der Waals surface area contributed by atoms with Crippen molar-refractivity contribution in [1.82, 2.24) is 9.97 Å². The SMILES string of the molecule is C=C(C)c1cnc(C)c(C)n1. The van der Waals surface area contributed by atoms with Crippen molar-refractivity contribution in [3.05, 3.63) is 29.9 Å². The molecule has 0 aliphatic carbocycles. The van der Waals surface area contributed by atoms with Crippen LogP contribution in [-0.2, 0) is 0 Å². The van der Waals surface area contributed by atoms with Crippen LogP contribution in [0, 0.1) is 13.8 Å². The molecule has 1 aromatic rings. The van der Waals surface area contributed by atoms with Crippen LogP contribution < -0.4 is 0 Å². The fourth-order valence-corrected chi connectivity index (χ4v) is 0.747. The maximum atomic E-state index is 4.31. The van der Waals surface area contributed by atoms with E-state index in [0.717, 1.165) is 22.7 Å². The van der Waals surface area contributed by atoms with Gasteiger partial charge in [0.25, 0.3) is 0 Å². The minimum absolute atomic E-state index is 0.883. The van der Waals surface area contributed by atoms with E-state index in [1.165, 1.54) is 0 Å². The molecule has 11 heavy (non-hydrogen) atoms. The molecule has 0 aromatic carbocycles. The number of hydrogen-bond acceptors (Lipinski definition) is 2. The zero-order valence-electron chi connectivity index (χ0n) is 7.18. The molecule has 0 bridgehead atoms. The van der Waals surface area contributed by atoms with Crippen molar-refractivity contribution in [2.24, 2.45) is 0 Å². The predicted molar refractivity (Wildman–Crippen MR) is 46.2 cm³/mol. The van der Waals surface area contributed by atoms with Crippen molar-refractivity contribution in [3.63, 3.8) is 0 Å². The number of aryl methyl sites for hydroxylation is 2. The molecule has 0 spiro atoms. The van der Waals surface area contributed by atoms with Crippen molar-refractivity contribution in [2.45, 2.75) is 20.8 Å². The molecule has 0 aliphatic heterocycles. The van der Waals surface area contributed by atoms with Gasteiger partial charge in [0.15, 0.2) is 0 Å². The standard InChI is InChI=1S/C9H12N2/c1-6(2)9-5-10-7(3)8(4)11-9/h5H,1H2,2-4H3. The Morgan fingerprint density at radius 1 is 1.36 bits per heavy atom. The summed E-state index contributed by atoms with van der Waals surface area (Å²) in [5.41, 5.74) is 3.80. The Morgan fingerprint density at radius 2 is 2.00 bits per heavy atom. The molecule has 1 heterocycles. The molecular weight excluding hydrogens is 136 g/mol. The number of allylic oxidation sites excluding steroid dienone is 1. The third kappa shape index (κ3) is 1.64. The highest BCUT2D eigenvalue weighted by Gasteiger charge is 1.98. The van der Waals surface area contributed by atoms with Crippen LogP contribution >= 0.6 is 0 Å². The Balaban J connectivity index is 3.15. The average Bonchev–Trinajstić information content (AvgIpc) is 1.94. The molecule has 2 nitrogen and oxygen atoms in total. The molecule has 0 saturated carbocycles. The largest absolute Gasteiger partial charge is 0.257 e. The van der Waals surface area contributed by atoms with Crippen LogP contribution in [-0.4, -0.2) is 9.97 Å². The van der Waals surface area contributed by atoms with Crippen molar-refractivity contribution in [2.75, 3.05) is 0 Å². The van der Waals surface area contributed by atoms with Gasteiger partial charge in [-0.2, -0.15) is 0 Å². The Bertz CT molecular complexity index is 290. The predicted octanol–water partition coefficient (Wildman–Crippen LogP) is 2.13. The maximum absolute atomic E-state index is 4.31. The molecule has 0 atom stereocenters. The summed E-state index contributed by atoms with van der Waals surface area (Å²) in [6, 6.07) is 0. The van der Waals surface area contributed by atoms with E-state index in [-0.39, 0.29) is 0 Å². The summed E-state index contributed by atoms with van der Waals surface area (Å²) in [6.07, 6.45) is 1.75. The van der Waals surface area contributed by atoms with Crippen LogP contribution in [0.1, 0.15) is 24.0 Å². The lowest BCUT2D eigenvalue weighted by molar-refractivity contribution is 1.03. The van der Waals surface area contributed by atoms with Gasteiger partial charge in [-0.05, 0) is 26.3 Å². The van der Waals surface area contributed by atoms with E-state index in [4.69, 9.17) is 0 Å². The second kappa shape index (κ2) is 2.82. The molecular formula is C9H12N2. The lowest BCUT2D eigenvalue weighted by Crippen LogP contribution is -1.94. The lowest BCUT2D eigenvalue weighted by Gasteiger charge is -2.01. The second-order valence-corrected chi connectivity index (χ2v) is 2.71. The van der Waals surface area contributed by atoms with Crippen LogP contribution in [0.5, 0.6) is 0 Å². The normalized spacial score (nSPS) is 9.73. The first-order chi connectivity index (χ1) is 5.11. The zero-order chi connectivity index (χ0) is 8.43. The van der Waals surface area contributed by atoms with Gasteiger partial charge in [0.1, 0.15) is 0 Å². The van der Waals surface area contributed by atoms with Crippen LogP contribution in [0.3, 0.4) is 0 Å². The number of hydrogen-bond donors (Lipinski definition) is 0. The Hall–Kier alpha value is -1.18. The van der Waals surface area contributed by atoms with Crippen molar-refractivity contribution in [1.29, 1.82) is 0 Å². The molecule has 2 heteroatoms. The van der Waals surface area contributed by atoms with E-state index in [1.807, 2.05) is 20.8 Å². The molecule has 58 valence electrons. The number of nitrogens with zero attached hydrogens (tertiary/aromatic N) is 2. The molecule has 0 unspecified atom stereocenters. The number of aromatic nitrogens is 2. The fraction of sp³-hybridized carbons (Fsp3) is 0.333. The first-order valence-electron chi connectivity index (χ1n) is 3.57. The summed E-state index contributed by atoms with van der Waals surface area (Å²) in [7, 11) is 0. The van der Waals surface area contributed by atoms with Gasteiger partial charge in [-0.15, -0.1) is 0 Å². The maximum Gasteiger partial charge on any atom is 0.0839 e. The smallest absolute Gasteiger partial charge is 0.0839 e. The summed E-state index contributed by atoms with van der Waals surface area (Å²) in [4.78, 5) is 8.49. The van der Waals surface area contributed by atoms with Crippen LogP contribution in [0.15, 0.2) is 12.8 Å². The second-order valence-electron chi connectivity index (χ2n) is 2.71. The third-order valence-corrected chi connectivity index (χ3v) is 1.63. The topological polar surface area (TPSA) is 25.8 Å². The first kappa shape index (κ1) is 7.92. The molecule has 0 saturated heterocycles. The van der Waals surface area contributed by atoms with Crippen LogP contribution in [0.25, 0.3) is 5.57 Å². The van der Waals surface area contributed by atoms with Gasteiger partial charge in [-0.1, -0.05) is 6.58 Å². The minimum atomic E-state index is 0.883. The molecule has 0 amide bonds. The summed E-state index contributed by atoms with van der Waals surface area (Å²) >= 11 is 0. The van der Waals surface area contributed by atoms with Crippen LogP contribution in [0.4, 0.5) is 0 Å². The summed E-state index contributed by atoms with van der Waals surface area (Å²) in [5.74, 6) is 0.